The van der Waals surface area contributed by atoms with E-state index in [0.29, 0.717) is 33.6 Å². The molecule has 0 radical (unpaired) electrons. The lowest BCUT2D eigenvalue weighted by Crippen LogP contribution is -2.05. The Balaban J connectivity index is 1.43. The summed E-state index contributed by atoms with van der Waals surface area (Å²) >= 11 is 1.24. The summed E-state index contributed by atoms with van der Waals surface area (Å²) in [7, 11) is 0. The Kier molecular flexibility index (Phi) is 4.68. The van der Waals surface area contributed by atoms with Crippen molar-refractivity contribution < 1.29 is 13.6 Å². The molecule has 0 atom stereocenters. The molecule has 30 heavy (non-hydrogen) atoms. The molecule has 5 aromatic rings. The Labute approximate surface area is 175 Å². The molecule has 4 heterocycles. The number of hydrogen-bond donors (Lipinski definition) is 1. The predicted octanol–water partition coefficient (Wildman–Crippen LogP) is 5.16. The Hall–Kier alpha value is -3.65. The zero-order chi connectivity index (χ0) is 20.5. The molecule has 0 aliphatic rings. The highest BCUT2D eigenvalue weighted by atomic mass is 32.2. The van der Waals surface area contributed by atoms with Crippen LogP contribution in [0.25, 0.3) is 33.8 Å². The molecule has 5 rings (SSSR count). The number of carbonyl (C=O) groups excluding carboxylic acids is 1. The van der Waals surface area contributed by atoms with Gasteiger partial charge in [-0.25, -0.2) is 4.98 Å². The summed E-state index contributed by atoms with van der Waals surface area (Å²) < 4.78 is 11.0. The van der Waals surface area contributed by atoms with Crippen LogP contribution >= 0.6 is 11.8 Å². The van der Waals surface area contributed by atoms with Crippen LogP contribution in [0.15, 0.2) is 75.0 Å². The van der Waals surface area contributed by atoms with E-state index in [9.17, 15) is 4.79 Å². The first kappa shape index (κ1) is 18.4. The lowest BCUT2D eigenvalue weighted by molar-refractivity contribution is 0.102. The number of nitrogens with zero attached hydrogens (tertiary/aromatic N) is 3. The fourth-order valence-corrected chi connectivity index (χ4v) is 4.03. The molecule has 1 N–H and O–H groups in total. The van der Waals surface area contributed by atoms with Crippen molar-refractivity contribution in [3.63, 3.8) is 0 Å². The average molecular weight is 416 g/mol. The maximum absolute atomic E-state index is 12.9. The molecule has 7 nitrogen and oxygen atoms in total. The van der Waals surface area contributed by atoms with Crippen LogP contribution in [0.1, 0.15) is 16.1 Å². The summed E-state index contributed by atoms with van der Waals surface area (Å²) in [6, 6.07) is 14.9. The maximum atomic E-state index is 12.9. The zero-order valence-corrected chi connectivity index (χ0v) is 16.8. The predicted molar refractivity (Wildman–Crippen MR) is 113 cm³/mol. The van der Waals surface area contributed by atoms with Gasteiger partial charge in [0.15, 0.2) is 23.0 Å². The van der Waals surface area contributed by atoms with Crippen molar-refractivity contribution in [2.75, 3.05) is 5.75 Å². The van der Waals surface area contributed by atoms with Gasteiger partial charge in [0.25, 0.3) is 0 Å². The van der Waals surface area contributed by atoms with Crippen LogP contribution in [0.2, 0.25) is 0 Å². The number of aryl methyl sites for hydroxylation is 1. The van der Waals surface area contributed by atoms with Crippen molar-refractivity contribution in [1.82, 2.24) is 20.2 Å². The fourth-order valence-electron chi connectivity index (χ4n) is 3.37. The number of benzene rings is 1. The highest BCUT2D eigenvalue weighted by Crippen LogP contribution is 2.31. The summed E-state index contributed by atoms with van der Waals surface area (Å²) in [5.41, 5.74) is 3.50. The molecule has 0 unspecified atom stereocenters. The first-order valence-electron chi connectivity index (χ1n) is 9.26. The van der Waals surface area contributed by atoms with Gasteiger partial charge in [-0.15, -0.1) is 10.2 Å². The van der Waals surface area contributed by atoms with Gasteiger partial charge in [0.05, 0.1) is 18.3 Å². The van der Waals surface area contributed by atoms with Gasteiger partial charge >= 0.3 is 0 Å². The number of H-pyrrole nitrogens is 1. The van der Waals surface area contributed by atoms with Crippen molar-refractivity contribution in [2.24, 2.45) is 0 Å². The van der Waals surface area contributed by atoms with Crippen molar-refractivity contribution in [2.45, 2.75) is 12.1 Å². The molecule has 148 valence electrons. The molecule has 0 aliphatic carbocycles. The van der Waals surface area contributed by atoms with Gasteiger partial charge in [-0.3, -0.25) is 4.79 Å². The van der Waals surface area contributed by atoms with Crippen molar-refractivity contribution in [1.29, 1.82) is 0 Å². The largest absolute Gasteiger partial charge is 0.463 e. The average Bonchev–Trinajstić information content (AvgIpc) is 3.52. The van der Waals surface area contributed by atoms with E-state index in [1.54, 1.807) is 36.8 Å². The minimum atomic E-state index is 0.00760. The second-order valence-corrected chi connectivity index (χ2v) is 7.57. The number of Topliss-reactive ketones (excluding diaryl/α,β-unsaturated/α-hetero) is 1. The van der Waals surface area contributed by atoms with Gasteiger partial charge in [-0.05, 0) is 37.3 Å². The molecule has 0 amide bonds. The Morgan fingerprint density at radius 1 is 0.967 bits per heavy atom. The van der Waals surface area contributed by atoms with Crippen molar-refractivity contribution in [3.05, 3.63) is 72.3 Å². The summed E-state index contributed by atoms with van der Waals surface area (Å²) in [4.78, 5) is 20.8. The summed E-state index contributed by atoms with van der Waals surface area (Å²) in [6.07, 6.45) is 3.13. The van der Waals surface area contributed by atoms with E-state index in [2.05, 4.69) is 20.2 Å². The lowest BCUT2D eigenvalue weighted by atomic mass is 10.1. The van der Waals surface area contributed by atoms with Gasteiger partial charge < -0.3 is 13.8 Å². The van der Waals surface area contributed by atoms with Gasteiger partial charge in [0.1, 0.15) is 5.69 Å². The number of nitrogens with one attached hydrogen (secondary N) is 1. The number of hydrogen-bond acceptors (Lipinski definition) is 7. The SMILES string of the molecule is Cc1[nH]c2ccccc2c1C(=O)CSc1nnc(-c2ccco2)c(-c2ccco2)n1. The minimum absolute atomic E-state index is 0.00760. The van der Waals surface area contributed by atoms with Gasteiger partial charge in [0, 0.05) is 22.2 Å². The Morgan fingerprint density at radius 2 is 1.70 bits per heavy atom. The quantitative estimate of drug-likeness (QED) is 0.302. The van der Waals surface area contributed by atoms with Crippen molar-refractivity contribution >= 4 is 28.4 Å². The van der Waals surface area contributed by atoms with Crippen molar-refractivity contribution in [3.8, 4) is 22.9 Å². The molecular formula is C22H16N4O3S. The molecule has 4 aromatic heterocycles. The standard InChI is InChI=1S/C22H16N4O3S/c1-13-19(14-6-2-3-7-15(14)23-13)16(27)12-30-22-24-20(17-8-4-10-28-17)21(25-26-22)18-9-5-11-29-18/h2-11,23H,12H2,1H3. The second-order valence-electron chi connectivity index (χ2n) is 6.63. The fraction of sp³-hybridized carbons (Fsp3) is 0.0909. The number of thioether (sulfide) groups is 1. The number of aromatic amines is 1. The van der Waals surface area contributed by atoms with Gasteiger partial charge in [-0.1, -0.05) is 30.0 Å². The molecule has 0 fully saturated rings. The van der Waals surface area contributed by atoms with E-state index in [4.69, 9.17) is 8.83 Å². The molecule has 0 bridgehead atoms. The zero-order valence-electron chi connectivity index (χ0n) is 16.0. The second kappa shape index (κ2) is 7.64. The van der Waals surface area contributed by atoms with Gasteiger partial charge in [0.2, 0.25) is 5.16 Å². The molecule has 0 saturated carbocycles. The molecule has 0 spiro atoms. The molecule has 1 aromatic carbocycles. The smallest absolute Gasteiger partial charge is 0.210 e. The van der Waals surface area contributed by atoms with Crippen LogP contribution in [-0.4, -0.2) is 31.7 Å². The monoisotopic (exact) mass is 416 g/mol. The molecule has 8 heteroatoms. The third-order valence-corrected chi connectivity index (χ3v) is 5.52. The van der Waals surface area contributed by atoms with Crippen LogP contribution in [0.4, 0.5) is 0 Å². The number of aromatic nitrogens is 4. The first-order valence-corrected chi connectivity index (χ1v) is 10.2. The number of furan rings is 2. The number of para-hydroxylation sites is 1. The number of rotatable bonds is 6. The van der Waals surface area contributed by atoms with E-state index in [0.717, 1.165) is 16.6 Å². The minimum Gasteiger partial charge on any atom is -0.463 e. The third kappa shape index (κ3) is 3.31. The summed E-state index contributed by atoms with van der Waals surface area (Å²) in [5.74, 6) is 1.30. The van der Waals surface area contributed by atoms with Crippen LogP contribution in [0.3, 0.4) is 0 Å². The summed E-state index contributed by atoms with van der Waals surface area (Å²) in [5, 5.41) is 9.78. The van der Waals surface area contributed by atoms with E-state index in [1.165, 1.54) is 11.8 Å². The normalized spacial score (nSPS) is 11.2. The van der Waals surface area contributed by atoms with Crippen LogP contribution < -0.4 is 0 Å². The topological polar surface area (TPSA) is 97.8 Å². The summed E-state index contributed by atoms with van der Waals surface area (Å²) in [6.45, 7) is 1.91. The highest BCUT2D eigenvalue weighted by Gasteiger charge is 2.20. The van der Waals surface area contributed by atoms with E-state index >= 15 is 0 Å². The highest BCUT2D eigenvalue weighted by molar-refractivity contribution is 7.99. The van der Waals surface area contributed by atoms with E-state index in [1.807, 2.05) is 31.2 Å². The van der Waals surface area contributed by atoms with E-state index < -0.39 is 0 Å². The van der Waals surface area contributed by atoms with E-state index in [-0.39, 0.29) is 11.5 Å². The Morgan fingerprint density at radius 3 is 2.43 bits per heavy atom. The molecular weight excluding hydrogens is 400 g/mol. The third-order valence-electron chi connectivity index (χ3n) is 4.68. The molecule has 0 aliphatic heterocycles. The van der Waals surface area contributed by atoms with Crippen LogP contribution in [-0.2, 0) is 0 Å². The first-order chi connectivity index (χ1) is 14.7. The number of ketones is 1. The van der Waals surface area contributed by atoms with Gasteiger partial charge in [-0.2, -0.15) is 0 Å². The maximum Gasteiger partial charge on any atom is 0.210 e. The Bertz CT molecular complexity index is 1320. The van der Waals surface area contributed by atoms with Crippen LogP contribution in [0.5, 0.6) is 0 Å². The molecule has 0 saturated heterocycles. The number of fused-ring (bicyclic) bond motifs is 1. The lowest BCUT2D eigenvalue weighted by Gasteiger charge is -2.05. The number of carbonyl (C=O) groups is 1. The van der Waals surface area contributed by atoms with Crippen LogP contribution in [0, 0.1) is 6.92 Å².